The van der Waals surface area contributed by atoms with E-state index in [1.165, 1.54) is 0 Å². The maximum Gasteiger partial charge on any atom is 0.353 e. The second-order valence-corrected chi connectivity index (χ2v) is 5.33. The number of nitro groups is 1. The van der Waals surface area contributed by atoms with Gasteiger partial charge in [0.15, 0.2) is 0 Å². The minimum atomic E-state index is -0.583. The second kappa shape index (κ2) is 6.91. The Kier molecular flexibility index (Phi) is 4.95. The van der Waals surface area contributed by atoms with Gasteiger partial charge in [-0.2, -0.15) is 9.97 Å². The molecule has 122 valence electrons. The predicted octanol–water partition coefficient (Wildman–Crippen LogP) is 3.23. The molecule has 4 N–H and O–H groups in total. The van der Waals surface area contributed by atoms with Crippen molar-refractivity contribution < 1.29 is 4.92 Å². The molecular weight excluding hydrogens is 296 g/mol. The standard InChI is InChI=1S/C15H20N6O2/c1-4-10(3)17-15-19-13(16)12(21(22)23)14(20-15)18-11-7-5-6-9(2)8-11/h5-8,10H,4H2,1-3H3,(H4,16,17,18,19,20). The summed E-state index contributed by atoms with van der Waals surface area (Å²) in [5, 5.41) is 17.3. The summed E-state index contributed by atoms with van der Waals surface area (Å²) < 4.78 is 0. The topological polar surface area (TPSA) is 119 Å². The van der Waals surface area contributed by atoms with E-state index in [0.717, 1.165) is 12.0 Å². The summed E-state index contributed by atoms with van der Waals surface area (Å²) in [7, 11) is 0. The van der Waals surface area contributed by atoms with E-state index in [2.05, 4.69) is 20.6 Å². The van der Waals surface area contributed by atoms with Gasteiger partial charge in [0.2, 0.25) is 17.6 Å². The van der Waals surface area contributed by atoms with E-state index in [1.807, 2.05) is 39.0 Å². The van der Waals surface area contributed by atoms with Gasteiger partial charge in [-0.15, -0.1) is 0 Å². The van der Waals surface area contributed by atoms with Gasteiger partial charge in [-0.05, 0) is 38.0 Å². The predicted molar refractivity (Wildman–Crippen MR) is 90.9 cm³/mol. The van der Waals surface area contributed by atoms with Crippen molar-refractivity contribution in [3.05, 3.63) is 39.9 Å². The van der Waals surface area contributed by atoms with Crippen molar-refractivity contribution >= 4 is 29.0 Å². The molecule has 8 nitrogen and oxygen atoms in total. The average Bonchev–Trinajstić information content (AvgIpc) is 2.46. The number of anilines is 4. The van der Waals surface area contributed by atoms with Crippen molar-refractivity contribution in [1.29, 1.82) is 0 Å². The van der Waals surface area contributed by atoms with Gasteiger partial charge < -0.3 is 16.4 Å². The molecule has 2 aromatic rings. The first-order valence-corrected chi connectivity index (χ1v) is 7.32. The fourth-order valence-corrected chi connectivity index (χ4v) is 1.99. The van der Waals surface area contributed by atoms with Crippen LogP contribution >= 0.6 is 0 Å². The largest absolute Gasteiger partial charge is 0.378 e. The minimum absolute atomic E-state index is 0.0684. The number of hydrogen-bond donors (Lipinski definition) is 3. The molecule has 0 bridgehead atoms. The molecule has 23 heavy (non-hydrogen) atoms. The Morgan fingerprint density at radius 3 is 2.74 bits per heavy atom. The van der Waals surface area contributed by atoms with Crippen LogP contribution in [0, 0.1) is 17.0 Å². The molecular formula is C15H20N6O2. The van der Waals surface area contributed by atoms with Crippen molar-refractivity contribution in [3.63, 3.8) is 0 Å². The lowest BCUT2D eigenvalue weighted by molar-refractivity contribution is -0.383. The number of nitrogen functional groups attached to an aromatic ring is 1. The fourth-order valence-electron chi connectivity index (χ4n) is 1.99. The summed E-state index contributed by atoms with van der Waals surface area (Å²) in [4.78, 5) is 18.9. The highest BCUT2D eigenvalue weighted by Gasteiger charge is 2.23. The smallest absolute Gasteiger partial charge is 0.353 e. The molecule has 0 saturated carbocycles. The Balaban J connectivity index is 2.43. The van der Waals surface area contributed by atoms with E-state index >= 15 is 0 Å². The van der Waals surface area contributed by atoms with Crippen LogP contribution in [0.2, 0.25) is 0 Å². The Morgan fingerprint density at radius 1 is 1.39 bits per heavy atom. The molecule has 0 aliphatic rings. The first-order chi connectivity index (χ1) is 10.9. The highest BCUT2D eigenvalue weighted by molar-refractivity contribution is 5.74. The average molecular weight is 316 g/mol. The number of nitrogens with two attached hydrogens (primary N) is 1. The Labute approximate surface area is 134 Å². The molecule has 0 aliphatic heterocycles. The molecule has 1 aromatic heterocycles. The van der Waals surface area contributed by atoms with E-state index in [1.54, 1.807) is 6.07 Å². The van der Waals surface area contributed by atoms with Crippen LogP contribution in [-0.2, 0) is 0 Å². The zero-order valence-electron chi connectivity index (χ0n) is 13.3. The molecule has 0 aliphatic carbocycles. The lowest BCUT2D eigenvalue weighted by Crippen LogP contribution is -2.17. The number of nitrogens with zero attached hydrogens (tertiary/aromatic N) is 3. The van der Waals surface area contributed by atoms with Gasteiger partial charge in [0, 0.05) is 11.7 Å². The quantitative estimate of drug-likeness (QED) is 0.553. The van der Waals surface area contributed by atoms with Crippen molar-refractivity contribution in [2.24, 2.45) is 0 Å². The van der Waals surface area contributed by atoms with Gasteiger partial charge >= 0.3 is 5.69 Å². The molecule has 1 heterocycles. The Morgan fingerprint density at radius 2 is 2.13 bits per heavy atom. The van der Waals surface area contributed by atoms with Crippen LogP contribution < -0.4 is 16.4 Å². The van der Waals surface area contributed by atoms with Gasteiger partial charge in [0.25, 0.3) is 0 Å². The number of nitrogens with one attached hydrogen (secondary N) is 2. The minimum Gasteiger partial charge on any atom is -0.378 e. The normalized spacial score (nSPS) is 11.8. The fraction of sp³-hybridized carbons (Fsp3) is 0.333. The third-order valence-electron chi connectivity index (χ3n) is 3.36. The summed E-state index contributed by atoms with van der Waals surface area (Å²) in [5.74, 6) is 0.155. The van der Waals surface area contributed by atoms with Gasteiger partial charge in [-0.1, -0.05) is 19.1 Å². The van der Waals surface area contributed by atoms with Crippen LogP contribution in [0.3, 0.4) is 0 Å². The zero-order chi connectivity index (χ0) is 17.0. The first kappa shape index (κ1) is 16.5. The SMILES string of the molecule is CCC(C)Nc1nc(N)c([N+](=O)[O-])c(Nc2cccc(C)c2)n1. The lowest BCUT2D eigenvalue weighted by Gasteiger charge is -2.14. The zero-order valence-corrected chi connectivity index (χ0v) is 13.3. The molecule has 0 radical (unpaired) electrons. The van der Waals surface area contributed by atoms with Crippen LogP contribution in [0.5, 0.6) is 0 Å². The number of rotatable bonds is 6. The first-order valence-electron chi connectivity index (χ1n) is 7.32. The summed E-state index contributed by atoms with van der Waals surface area (Å²) in [6.45, 7) is 5.91. The Bertz CT molecular complexity index is 719. The van der Waals surface area contributed by atoms with Crippen molar-refractivity contribution in [2.45, 2.75) is 33.2 Å². The van der Waals surface area contributed by atoms with Crippen LogP contribution in [0.25, 0.3) is 0 Å². The molecule has 0 fully saturated rings. The monoisotopic (exact) mass is 316 g/mol. The number of aromatic nitrogens is 2. The molecule has 1 aromatic carbocycles. The Hall–Kier alpha value is -2.90. The molecule has 2 rings (SSSR count). The maximum absolute atomic E-state index is 11.3. The highest BCUT2D eigenvalue weighted by atomic mass is 16.6. The molecule has 0 spiro atoms. The van der Waals surface area contributed by atoms with Crippen LogP contribution in [-0.4, -0.2) is 20.9 Å². The van der Waals surface area contributed by atoms with E-state index in [-0.39, 0.29) is 29.3 Å². The summed E-state index contributed by atoms with van der Waals surface area (Å²) in [6.07, 6.45) is 0.862. The van der Waals surface area contributed by atoms with Crippen LogP contribution in [0.4, 0.5) is 29.0 Å². The van der Waals surface area contributed by atoms with Crippen molar-refractivity contribution in [3.8, 4) is 0 Å². The van der Waals surface area contributed by atoms with E-state index in [0.29, 0.717) is 5.69 Å². The number of hydrogen-bond acceptors (Lipinski definition) is 7. The lowest BCUT2D eigenvalue weighted by atomic mass is 10.2. The molecule has 0 saturated heterocycles. The molecule has 1 unspecified atom stereocenters. The van der Waals surface area contributed by atoms with Crippen LogP contribution in [0.15, 0.2) is 24.3 Å². The van der Waals surface area contributed by atoms with E-state index in [9.17, 15) is 10.1 Å². The molecule has 8 heteroatoms. The maximum atomic E-state index is 11.3. The van der Waals surface area contributed by atoms with Gasteiger partial charge in [-0.25, -0.2) is 0 Å². The van der Waals surface area contributed by atoms with E-state index in [4.69, 9.17) is 5.73 Å². The number of benzene rings is 1. The van der Waals surface area contributed by atoms with Crippen molar-refractivity contribution in [2.75, 3.05) is 16.4 Å². The number of aryl methyl sites for hydroxylation is 1. The summed E-state index contributed by atoms with van der Waals surface area (Å²) in [6, 6.07) is 7.58. The van der Waals surface area contributed by atoms with Crippen LogP contribution in [0.1, 0.15) is 25.8 Å². The highest BCUT2D eigenvalue weighted by Crippen LogP contribution is 2.31. The second-order valence-electron chi connectivity index (χ2n) is 5.33. The van der Waals surface area contributed by atoms with Gasteiger partial charge in [0.05, 0.1) is 4.92 Å². The third kappa shape index (κ3) is 4.06. The van der Waals surface area contributed by atoms with E-state index < -0.39 is 4.92 Å². The third-order valence-corrected chi connectivity index (χ3v) is 3.36. The van der Waals surface area contributed by atoms with Crippen molar-refractivity contribution in [1.82, 2.24) is 9.97 Å². The molecule has 1 atom stereocenters. The van der Waals surface area contributed by atoms with Gasteiger partial charge in [0.1, 0.15) is 0 Å². The summed E-state index contributed by atoms with van der Waals surface area (Å²) >= 11 is 0. The molecule has 0 amide bonds. The van der Waals surface area contributed by atoms with Gasteiger partial charge in [-0.3, -0.25) is 10.1 Å². The summed E-state index contributed by atoms with van der Waals surface area (Å²) in [5.41, 5.74) is 7.14.